The molecule has 1 aromatic heterocycles. The van der Waals surface area contributed by atoms with E-state index in [1.807, 2.05) is 19.1 Å². The minimum absolute atomic E-state index is 0.104. The Morgan fingerprint density at radius 3 is 2.44 bits per heavy atom. The first-order valence-corrected chi connectivity index (χ1v) is 8.83. The summed E-state index contributed by atoms with van der Waals surface area (Å²) in [4.78, 5) is 15.4. The maximum Gasteiger partial charge on any atom is 0.274 e. The number of nitro benzene ring substituents is 1. The molecule has 0 atom stereocenters. The number of rotatable bonds is 4. The normalized spacial score (nSPS) is 11.3. The molecule has 0 N–H and O–H groups in total. The second-order valence-electron chi connectivity index (χ2n) is 6.92. The summed E-state index contributed by atoms with van der Waals surface area (Å²) in [6.07, 6.45) is 1.78. The highest BCUT2D eigenvalue weighted by Crippen LogP contribution is 2.28. The molecule has 3 aromatic rings. The summed E-state index contributed by atoms with van der Waals surface area (Å²) in [5.41, 5.74) is 7.75. The molecule has 0 saturated heterocycles. The Kier molecular flexibility index (Phi) is 4.95. The van der Waals surface area contributed by atoms with Gasteiger partial charge >= 0.3 is 0 Å². The lowest BCUT2D eigenvalue weighted by Crippen LogP contribution is -1.99. The first kappa shape index (κ1) is 18.6. The van der Waals surface area contributed by atoms with E-state index < -0.39 is 0 Å². The van der Waals surface area contributed by atoms with Crippen molar-refractivity contribution in [3.05, 3.63) is 86.2 Å². The van der Waals surface area contributed by atoms with E-state index in [2.05, 4.69) is 54.6 Å². The standard InChI is InChI=1S/C22H23N3O2/c1-14-7-6-8-21(9-14)24-16(3)11-19(18(24)5)13-23-20-10-15(2)17(4)22(12-20)25(26)27/h6-13H,1-5H3. The molecule has 0 amide bonds. The fourth-order valence-electron chi connectivity index (χ4n) is 3.31. The Morgan fingerprint density at radius 2 is 1.78 bits per heavy atom. The fourth-order valence-corrected chi connectivity index (χ4v) is 3.31. The van der Waals surface area contributed by atoms with Crippen LogP contribution in [0.15, 0.2) is 47.5 Å². The lowest BCUT2D eigenvalue weighted by atomic mass is 10.1. The van der Waals surface area contributed by atoms with Crippen molar-refractivity contribution < 1.29 is 4.92 Å². The van der Waals surface area contributed by atoms with E-state index in [-0.39, 0.29) is 10.6 Å². The summed E-state index contributed by atoms with van der Waals surface area (Å²) in [5, 5.41) is 11.2. The van der Waals surface area contributed by atoms with Crippen molar-refractivity contribution in [3.63, 3.8) is 0 Å². The highest BCUT2D eigenvalue weighted by molar-refractivity contribution is 5.84. The maximum atomic E-state index is 11.2. The van der Waals surface area contributed by atoms with Gasteiger partial charge in [-0.1, -0.05) is 12.1 Å². The van der Waals surface area contributed by atoms with Crippen LogP contribution in [0.3, 0.4) is 0 Å². The number of benzene rings is 2. The molecule has 0 saturated carbocycles. The van der Waals surface area contributed by atoms with E-state index in [1.165, 1.54) is 11.6 Å². The van der Waals surface area contributed by atoms with Crippen LogP contribution < -0.4 is 0 Å². The van der Waals surface area contributed by atoms with Crippen LogP contribution in [0.1, 0.15) is 33.6 Å². The van der Waals surface area contributed by atoms with E-state index in [0.29, 0.717) is 11.3 Å². The molecular formula is C22H23N3O2. The van der Waals surface area contributed by atoms with Gasteiger partial charge in [0.05, 0.1) is 10.6 Å². The first-order valence-electron chi connectivity index (χ1n) is 8.83. The Balaban J connectivity index is 2.00. The topological polar surface area (TPSA) is 60.4 Å². The summed E-state index contributed by atoms with van der Waals surface area (Å²) < 4.78 is 2.19. The highest BCUT2D eigenvalue weighted by atomic mass is 16.6. The number of nitro groups is 1. The minimum Gasteiger partial charge on any atom is -0.318 e. The van der Waals surface area contributed by atoms with E-state index in [0.717, 1.165) is 28.2 Å². The quantitative estimate of drug-likeness (QED) is 0.341. The van der Waals surface area contributed by atoms with Gasteiger partial charge in [0.15, 0.2) is 0 Å². The van der Waals surface area contributed by atoms with Crippen molar-refractivity contribution in [1.82, 2.24) is 4.57 Å². The molecule has 0 spiro atoms. The molecule has 0 aliphatic heterocycles. The van der Waals surface area contributed by atoms with Crippen molar-refractivity contribution in [2.75, 3.05) is 0 Å². The van der Waals surface area contributed by atoms with Crippen molar-refractivity contribution in [2.24, 2.45) is 4.99 Å². The van der Waals surface area contributed by atoms with Crippen LogP contribution >= 0.6 is 0 Å². The molecule has 0 aliphatic rings. The van der Waals surface area contributed by atoms with Gasteiger partial charge in [-0.25, -0.2) is 0 Å². The molecule has 1 heterocycles. The molecule has 0 unspecified atom stereocenters. The third-order valence-electron chi connectivity index (χ3n) is 4.90. The molecule has 0 radical (unpaired) electrons. The van der Waals surface area contributed by atoms with Gasteiger partial charge in [0.1, 0.15) is 0 Å². The Hall–Kier alpha value is -3.21. The van der Waals surface area contributed by atoms with Gasteiger partial charge in [-0.3, -0.25) is 15.1 Å². The van der Waals surface area contributed by atoms with Crippen LogP contribution in [0.5, 0.6) is 0 Å². The van der Waals surface area contributed by atoms with Gasteiger partial charge in [0, 0.05) is 40.5 Å². The van der Waals surface area contributed by atoms with Crippen LogP contribution in [0.2, 0.25) is 0 Å². The van der Waals surface area contributed by atoms with Gasteiger partial charge in [-0.2, -0.15) is 0 Å². The van der Waals surface area contributed by atoms with Gasteiger partial charge in [-0.15, -0.1) is 0 Å². The van der Waals surface area contributed by atoms with Crippen LogP contribution in [-0.4, -0.2) is 15.7 Å². The van der Waals surface area contributed by atoms with Crippen LogP contribution in [-0.2, 0) is 0 Å². The third kappa shape index (κ3) is 3.67. The third-order valence-corrected chi connectivity index (χ3v) is 4.90. The average Bonchev–Trinajstić information content (AvgIpc) is 2.89. The largest absolute Gasteiger partial charge is 0.318 e. The van der Waals surface area contributed by atoms with Crippen LogP contribution in [0.4, 0.5) is 11.4 Å². The monoisotopic (exact) mass is 361 g/mol. The Morgan fingerprint density at radius 1 is 1.04 bits per heavy atom. The van der Waals surface area contributed by atoms with Crippen molar-refractivity contribution in [2.45, 2.75) is 34.6 Å². The van der Waals surface area contributed by atoms with E-state index >= 15 is 0 Å². The van der Waals surface area contributed by atoms with Crippen molar-refractivity contribution in [1.29, 1.82) is 0 Å². The predicted molar refractivity (Wildman–Crippen MR) is 110 cm³/mol. The van der Waals surface area contributed by atoms with Crippen LogP contribution in [0.25, 0.3) is 5.69 Å². The van der Waals surface area contributed by atoms with E-state index in [1.54, 1.807) is 13.1 Å². The zero-order valence-electron chi connectivity index (χ0n) is 16.3. The predicted octanol–water partition coefficient (Wildman–Crippen LogP) is 5.68. The van der Waals surface area contributed by atoms with Crippen molar-refractivity contribution in [3.8, 4) is 5.69 Å². The maximum absolute atomic E-state index is 11.2. The summed E-state index contributed by atoms with van der Waals surface area (Å²) in [5.74, 6) is 0. The second-order valence-corrected chi connectivity index (χ2v) is 6.92. The first-order chi connectivity index (χ1) is 12.8. The molecule has 2 aromatic carbocycles. The van der Waals surface area contributed by atoms with Gasteiger partial charge < -0.3 is 4.57 Å². The highest BCUT2D eigenvalue weighted by Gasteiger charge is 2.14. The van der Waals surface area contributed by atoms with Crippen molar-refractivity contribution >= 4 is 17.6 Å². The number of aliphatic imine (C=N–C) groups is 1. The lowest BCUT2D eigenvalue weighted by molar-refractivity contribution is -0.385. The van der Waals surface area contributed by atoms with E-state index in [4.69, 9.17) is 0 Å². The lowest BCUT2D eigenvalue weighted by Gasteiger charge is -2.10. The van der Waals surface area contributed by atoms with Gasteiger partial charge in [-0.05, 0) is 70.0 Å². The summed E-state index contributed by atoms with van der Waals surface area (Å²) in [6.45, 7) is 9.82. The molecule has 3 rings (SSSR count). The van der Waals surface area contributed by atoms with Gasteiger partial charge in [0.25, 0.3) is 5.69 Å². The SMILES string of the molecule is Cc1cccc(-n2c(C)cc(C=Nc3cc(C)c(C)c([N+](=O)[O-])c3)c2C)c1. The Labute approximate surface area is 159 Å². The zero-order valence-corrected chi connectivity index (χ0v) is 16.3. The Bertz CT molecular complexity index is 1060. The van der Waals surface area contributed by atoms with Gasteiger partial charge in [0.2, 0.25) is 0 Å². The molecule has 0 aliphatic carbocycles. The fraction of sp³-hybridized carbons (Fsp3) is 0.227. The number of aryl methyl sites for hydroxylation is 3. The summed E-state index contributed by atoms with van der Waals surface area (Å²) in [7, 11) is 0. The number of aromatic nitrogens is 1. The van der Waals surface area contributed by atoms with E-state index in [9.17, 15) is 10.1 Å². The number of hydrogen-bond donors (Lipinski definition) is 0. The molecule has 0 bridgehead atoms. The zero-order chi connectivity index (χ0) is 19.7. The minimum atomic E-state index is -0.356. The molecular weight excluding hydrogens is 338 g/mol. The number of hydrogen-bond acceptors (Lipinski definition) is 3. The second kappa shape index (κ2) is 7.19. The molecule has 5 heteroatoms. The summed E-state index contributed by atoms with van der Waals surface area (Å²) in [6, 6.07) is 13.8. The summed E-state index contributed by atoms with van der Waals surface area (Å²) >= 11 is 0. The molecule has 0 fully saturated rings. The molecule has 138 valence electrons. The average molecular weight is 361 g/mol. The van der Waals surface area contributed by atoms with Crippen LogP contribution in [0, 0.1) is 44.7 Å². The number of nitrogens with zero attached hydrogens (tertiary/aromatic N) is 3. The molecule has 5 nitrogen and oxygen atoms in total. The molecule has 27 heavy (non-hydrogen) atoms. The smallest absolute Gasteiger partial charge is 0.274 e.